The molecule has 120 valence electrons. The average Bonchev–Trinajstić information content (AvgIpc) is 2.48. The number of benzene rings is 2. The van der Waals surface area contributed by atoms with Crippen molar-refractivity contribution in [1.29, 1.82) is 0 Å². The van der Waals surface area contributed by atoms with Crippen LogP contribution in [0.2, 0.25) is 0 Å². The molecule has 0 saturated heterocycles. The lowest BCUT2D eigenvalue weighted by Crippen LogP contribution is -2.17. The van der Waals surface area contributed by atoms with E-state index in [2.05, 4.69) is 5.32 Å². The molecular formula is C16H21NO4S. The van der Waals surface area contributed by atoms with Crippen molar-refractivity contribution in [1.82, 2.24) is 0 Å². The molecule has 5 nitrogen and oxygen atoms in total. The van der Waals surface area contributed by atoms with Gasteiger partial charge in [-0.3, -0.25) is 9.35 Å². The maximum Gasteiger partial charge on any atom is 0.294 e. The minimum atomic E-state index is -4.23. The highest BCUT2D eigenvalue weighted by Gasteiger charge is 2.12. The zero-order chi connectivity index (χ0) is 16.9. The molecule has 2 N–H and O–H groups in total. The van der Waals surface area contributed by atoms with Crippen LogP contribution in [0.25, 0.3) is 10.8 Å². The van der Waals surface area contributed by atoms with Crippen LogP contribution in [0.15, 0.2) is 41.3 Å². The van der Waals surface area contributed by atoms with Gasteiger partial charge in [0.1, 0.15) is 0 Å². The third-order valence-electron chi connectivity index (χ3n) is 2.93. The van der Waals surface area contributed by atoms with Gasteiger partial charge in [0.2, 0.25) is 5.91 Å². The first-order valence-corrected chi connectivity index (χ1v) is 8.54. The van der Waals surface area contributed by atoms with Gasteiger partial charge in [-0.05, 0) is 23.6 Å². The van der Waals surface area contributed by atoms with Crippen molar-refractivity contribution < 1.29 is 17.8 Å². The molecule has 2 aromatic rings. The molecule has 1 amide bonds. The molecule has 0 aliphatic rings. The molecule has 0 bridgehead atoms. The van der Waals surface area contributed by atoms with E-state index in [1.54, 1.807) is 38.1 Å². The van der Waals surface area contributed by atoms with Crippen LogP contribution in [0.3, 0.4) is 0 Å². The normalized spacial score (nSPS) is 11.0. The standard InChI is InChI=1S/C14H15NO4S.C2H6/c1-9(2)14(16)15-13-5-3-4-10-8-11(20(17,18)19)6-7-12(10)13;1-2/h3-9H,1-2H3,(H,15,16)(H,17,18,19);1-2H3. The van der Waals surface area contributed by atoms with Crippen molar-refractivity contribution >= 4 is 32.5 Å². The molecule has 0 spiro atoms. The molecule has 6 heteroatoms. The van der Waals surface area contributed by atoms with E-state index in [9.17, 15) is 13.2 Å². The number of carbonyl (C=O) groups is 1. The molecule has 0 aromatic heterocycles. The van der Waals surface area contributed by atoms with Crippen LogP contribution in [-0.2, 0) is 14.9 Å². The van der Waals surface area contributed by atoms with Crippen LogP contribution in [0.5, 0.6) is 0 Å². The van der Waals surface area contributed by atoms with Gasteiger partial charge < -0.3 is 5.32 Å². The topological polar surface area (TPSA) is 83.5 Å². The summed E-state index contributed by atoms with van der Waals surface area (Å²) in [4.78, 5) is 11.6. The SMILES string of the molecule is CC.CC(C)C(=O)Nc1cccc2cc(S(=O)(=O)O)ccc12. The third kappa shape index (κ3) is 4.29. The van der Waals surface area contributed by atoms with E-state index < -0.39 is 10.1 Å². The number of nitrogens with one attached hydrogen (secondary N) is 1. The number of carbonyl (C=O) groups excluding carboxylic acids is 1. The highest BCUT2D eigenvalue weighted by atomic mass is 32.2. The zero-order valence-electron chi connectivity index (χ0n) is 13.1. The highest BCUT2D eigenvalue weighted by molar-refractivity contribution is 7.85. The lowest BCUT2D eigenvalue weighted by Gasteiger charge is -2.11. The summed E-state index contributed by atoms with van der Waals surface area (Å²) in [6, 6.07) is 9.42. The first-order valence-electron chi connectivity index (χ1n) is 7.10. The van der Waals surface area contributed by atoms with Gasteiger partial charge in [-0.2, -0.15) is 8.42 Å². The first-order chi connectivity index (χ1) is 10.3. The van der Waals surface area contributed by atoms with E-state index >= 15 is 0 Å². The van der Waals surface area contributed by atoms with E-state index in [0.717, 1.165) is 0 Å². The second-order valence-electron chi connectivity index (χ2n) is 4.81. The molecule has 0 heterocycles. The molecule has 0 aliphatic heterocycles. The maximum absolute atomic E-state index is 11.7. The highest BCUT2D eigenvalue weighted by Crippen LogP contribution is 2.26. The summed E-state index contributed by atoms with van der Waals surface area (Å²) in [6.45, 7) is 7.58. The van der Waals surface area contributed by atoms with Gasteiger partial charge in [-0.15, -0.1) is 0 Å². The van der Waals surface area contributed by atoms with Crippen molar-refractivity contribution in [3.8, 4) is 0 Å². The molecule has 2 aromatic carbocycles. The Morgan fingerprint density at radius 1 is 1.14 bits per heavy atom. The van der Waals surface area contributed by atoms with Crippen molar-refractivity contribution in [2.24, 2.45) is 5.92 Å². The van der Waals surface area contributed by atoms with Crippen molar-refractivity contribution in [2.45, 2.75) is 32.6 Å². The van der Waals surface area contributed by atoms with Gasteiger partial charge >= 0.3 is 0 Å². The maximum atomic E-state index is 11.7. The largest absolute Gasteiger partial charge is 0.325 e. The fourth-order valence-corrected chi connectivity index (χ4v) is 2.32. The van der Waals surface area contributed by atoms with E-state index in [4.69, 9.17) is 4.55 Å². The summed E-state index contributed by atoms with van der Waals surface area (Å²) in [6.07, 6.45) is 0. The minimum absolute atomic E-state index is 0.114. The molecule has 0 saturated carbocycles. The van der Waals surface area contributed by atoms with E-state index in [0.29, 0.717) is 16.5 Å². The van der Waals surface area contributed by atoms with Gasteiger partial charge in [0.25, 0.3) is 10.1 Å². The summed E-state index contributed by atoms with van der Waals surface area (Å²) < 4.78 is 31.3. The number of amides is 1. The summed E-state index contributed by atoms with van der Waals surface area (Å²) in [5.41, 5.74) is 0.614. The Morgan fingerprint density at radius 3 is 2.32 bits per heavy atom. The number of hydrogen-bond acceptors (Lipinski definition) is 3. The Morgan fingerprint density at radius 2 is 1.77 bits per heavy atom. The monoisotopic (exact) mass is 323 g/mol. The molecule has 2 rings (SSSR count). The van der Waals surface area contributed by atoms with Gasteiger partial charge in [0.15, 0.2) is 0 Å². The second-order valence-corrected chi connectivity index (χ2v) is 6.23. The quantitative estimate of drug-likeness (QED) is 0.843. The molecule has 0 radical (unpaired) electrons. The van der Waals surface area contributed by atoms with Crippen molar-refractivity contribution in [3.05, 3.63) is 36.4 Å². The average molecular weight is 323 g/mol. The molecule has 0 unspecified atom stereocenters. The van der Waals surface area contributed by atoms with E-state index in [1.165, 1.54) is 12.1 Å². The van der Waals surface area contributed by atoms with Crippen LogP contribution in [0, 0.1) is 5.92 Å². The number of hydrogen-bond donors (Lipinski definition) is 2. The fraction of sp³-hybridized carbons (Fsp3) is 0.312. The minimum Gasteiger partial charge on any atom is -0.325 e. The Labute approximate surface area is 131 Å². The summed E-state index contributed by atoms with van der Waals surface area (Å²) in [7, 11) is -4.23. The Kier molecular flexibility index (Phi) is 6.08. The van der Waals surface area contributed by atoms with E-state index in [1.807, 2.05) is 13.8 Å². The number of rotatable bonds is 3. The van der Waals surface area contributed by atoms with E-state index in [-0.39, 0.29) is 16.7 Å². The third-order valence-corrected chi connectivity index (χ3v) is 3.78. The van der Waals surface area contributed by atoms with Crippen LogP contribution >= 0.6 is 0 Å². The summed E-state index contributed by atoms with van der Waals surface area (Å²) in [5, 5.41) is 4.13. The first kappa shape index (κ1) is 18.1. The van der Waals surface area contributed by atoms with Crippen LogP contribution < -0.4 is 5.32 Å². The number of fused-ring (bicyclic) bond motifs is 1. The van der Waals surface area contributed by atoms with Gasteiger partial charge in [0, 0.05) is 17.0 Å². The van der Waals surface area contributed by atoms with Gasteiger partial charge in [-0.25, -0.2) is 0 Å². The van der Waals surface area contributed by atoms with Crippen molar-refractivity contribution in [3.63, 3.8) is 0 Å². The summed E-state index contributed by atoms with van der Waals surface area (Å²) >= 11 is 0. The van der Waals surface area contributed by atoms with Crippen LogP contribution in [0.4, 0.5) is 5.69 Å². The molecule has 0 fully saturated rings. The Balaban J connectivity index is 0.00000116. The second kappa shape index (κ2) is 7.38. The lowest BCUT2D eigenvalue weighted by atomic mass is 10.1. The Bertz CT molecular complexity index is 767. The van der Waals surface area contributed by atoms with Gasteiger partial charge in [0.05, 0.1) is 4.90 Å². The molecule has 0 aliphatic carbocycles. The lowest BCUT2D eigenvalue weighted by molar-refractivity contribution is -0.118. The Hall–Kier alpha value is -1.92. The summed E-state index contributed by atoms with van der Waals surface area (Å²) in [5.74, 6) is -0.265. The van der Waals surface area contributed by atoms with Crippen LogP contribution in [-0.4, -0.2) is 18.9 Å². The molecule has 22 heavy (non-hydrogen) atoms. The molecule has 0 atom stereocenters. The predicted octanol–water partition coefficient (Wildman–Crippen LogP) is 3.71. The fourth-order valence-electron chi connectivity index (χ4n) is 1.81. The van der Waals surface area contributed by atoms with Crippen LogP contribution in [0.1, 0.15) is 27.7 Å². The predicted molar refractivity (Wildman–Crippen MR) is 88.6 cm³/mol. The zero-order valence-corrected chi connectivity index (χ0v) is 13.9. The smallest absolute Gasteiger partial charge is 0.294 e. The van der Waals surface area contributed by atoms with Gasteiger partial charge in [-0.1, -0.05) is 45.9 Å². The van der Waals surface area contributed by atoms with Crippen molar-refractivity contribution in [2.75, 3.05) is 5.32 Å². The number of anilines is 1. The molecular weight excluding hydrogens is 302 g/mol.